The van der Waals surface area contributed by atoms with Crippen LogP contribution >= 0.6 is 0 Å². The average molecular weight is 332 g/mol. The van der Waals surface area contributed by atoms with Crippen molar-refractivity contribution >= 4 is 5.91 Å². The maximum atomic E-state index is 12.5. The zero-order chi connectivity index (χ0) is 16.7. The van der Waals surface area contributed by atoms with Crippen molar-refractivity contribution in [2.75, 3.05) is 39.9 Å². The molecule has 1 aromatic heterocycles. The number of methoxy groups -OCH3 is 1. The molecule has 0 aromatic carbocycles. The predicted octanol–water partition coefficient (Wildman–Crippen LogP) is 0.343. The second-order valence-electron chi connectivity index (χ2n) is 7.56. The summed E-state index contributed by atoms with van der Waals surface area (Å²) >= 11 is 0. The Morgan fingerprint density at radius 1 is 1.42 bits per heavy atom. The van der Waals surface area contributed by atoms with Gasteiger partial charge >= 0.3 is 0 Å². The quantitative estimate of drug-likeness (QED) is 0.841. The number of hydrogen-bond acceptors (Lipinski definition) is 5. The van der Waals surface area contributed by atoms with E-state index in [1.165, 1.54) is 25.2 Å². The van der Waals surface area contributed by atoms with Gasteiger partial charge in [0, 0.05) is 39.4 Å². The summed E-state index contributed by atoms with van der Waals surface area (Å²) in [6.07, 6.45) is 5.04. The number of hydrogen-bond donors (Lipinski definition) is 1. The van der Waals surface area contributed by atoms with Gasteiger partial charge in [-0.25, -0.2) is 4.98 Å². The van der Waals surface area contributed by atoms with Crippen molar-refractivity contribution in [1.29, 1.82) is 0 Å². The van der Waals surface area contributed by atoms with E-state index in [1.807, 2.05) is 4.90 Å². The SMILES string of the molecule is COC[C@@H]1CN(CC2CC2)C2(C1)CN(C(=O)c1cc(=O)[nH]cn1)C2. The maximum absolute atomic E-state index is 12.5. The highest BCUT2D eigenvalue weighted by atomic mass is 16.5. The maximum Gasteiger partial charge on any atom is 0.272 e. The van der Waals surface area contributed by atoms with Crippen LogP contribution in [0.5, 0.6) is 0 Å². The van der Waals surface area contributed by atoms with Crippen LogP contribution in [0.4, 0.5) is 0 Å². The molecule has 2 aliphatic heterocycles. The summed E-state index contributed by atoms with van der Waals surface area (Å²) in [5.74, 6) is 1.24. The lowest BCUT2D eigenvalue weighted by molar-refractivity contribution is -0.0203. The molecule has 1 aliphatic carbocycles. The minimum Gasteiger partial charge on any atom is -0.384 e. The molecule has 1 saturated carbocycles. The fourth-order valence-electron chi connectivity index (χ4n) is 4.25. The van der Waals surface area contributed by atoms with Crippen molar-refractivity contribution in [3.63, 3.8) is 0 Å². The van der Waals surface area contributed by atoms with Gasteiger partial charge in [-0.1, -0.05) is 0 Å². The molecule has 1 aromatic rings. The third-order valence-corrected chi connectivity index (χ3v) is 5.55. The lowest BCUT2D eigenvalue weighted by Gasteiger charge is -2.53. The molecule has 7 heteroatoms. The molecular formula is C17H24N4O3. The third kappa shape index (κ3) is 2.86. The van der Waals surface area contributed by atoms with Crippen molar-refractivity contribution in [2.45, 2.75) is 24.8 Å². The summed E-state index contributed by atoms with van der Waals surface area (Å²) in [6, 6.07) is 1.28. The molecule has 3 aliphatic rings. The van der Waals surface area contributed by atoms with Crippen molar-refractivity contribution in [1.82, 2.24) is 19.8 Å². The van der Waals surface area contributed by atoms with Gasteiger partial charge in [0.05, 0.1) is 18.5 Å². The Balaban J connectivity index is 1.44. The first-order chi connectivity index (χ1) is 11.6. The molecule has 4 rings (SSSR count). The normalized spacial score (nSPS) is 25.9. The number of aromatic amines is 1. The van der Waals surface area contributed by atoms with Crippen LogP contribution < -0.4 is 5.56 Å². The Hall–Kier alpha value is -1.73. The topological polar surface area (TPSA) is 78.5 Å². The summed E-state index contributed by atoms with van der Waals surface area (Å²) < 4.78 is 5.36. The van der Waals surface area contributed by atoms with E-state index >= 15 is 0 Å². The molecule has 2 saturated heterocycles. The second kappa shape index (κ2) is 5.97. The summed E-state index contributed by atoms with van der Waals surface area (Å²) in [4.78, 5) is 34.8. The molecule has 0 bridgehead atoms. The molecule has 3 fully saturated rings. The molecule has 24 heavy (non-hydrogen) atoms. The van der Waals surface area contributed by atoms with Crippen molar-refractivity contribution in [2.24, 2.45) is 11.8 Å². The van der Waals surface area contributed by atoms with E-state index in [0.717, 1.165) is 45.1 Å². The molecule has 1 spiro atoms. The third-order valence-electron chi connectivity index (χ3n) is 5.55. The molecule has 1 atom stereocenters. The van der Waals surface area contributed by atoms with Crippen LogP contribution in [0.3, 0.4) is 0 Å². The van der Waals surface area contributed by atoms with E-state index in [0.29, 0.717) is 5.92 Å². The number of rotatable bonds is 5. The van der Waals surface area contributed by atoms with Crippen LogP contribution in [0.1, 0.15) is 29.8 Å². The summed E-state index contributed by atoms with van der Waals surface area (Å²) in [7, 11) is 1.76. The Morgan fingerprint density at radius 3 is 2.88 bits per heavy atom. The highest BCUT2D eigenvalue weighted by Gasteiger charge is 2.55. The van der Waals surface area contributed by atoms with Gasteiger partial charge in [-0.2, -0.15) is 0 Å². The number of nitrogens with one attached hydrogen (secondary N) is 1. The van der Waals surface area contributed by atoms with E-state index in [4.69, 9.17) is 4.74 Å². The Bertz CT molecular complexity index is 678. The van der Waals surface area contributed by atoms with Crippen molar-refractivity contribution in [3.8, 4) is 0 Å². The molecular weight excluding hydrogens is 308 g/mol. The van der Waals surface area contributed by atoms with E-state index in [1.54, 1.807) is 7.11 Å². The van der Waals surface area contributed by atoms with Gasteiger partial charge in [-0.05, 0) is 31.1 Å². The standard InChI is InChI=1S/C17H24N4O3/c1-24-8-13-5-17(21(7-13)6-12-2-3-12)9-20(10-17)16(23)14-4-15(22)19-11-18-14/h4,11-13H,2-3,5-10H2,1H3,(H,18,19,22)/t13-/m0/s1. The number of aromatic nitrogens is 2. The Morgan fingerprint density at radius 2 is 2.21 bits per heavy atom. The van der Waals surface area contributed by atoms with E-state index in [-0.39, 0.29) is 22.7 Å². The largest absolute Gasteiger partial charge is 0.384 e. The van der Waals surface area contributed by atoms with Crippen LogP contribution in [-0.2, 0) is 4.74 Å². The van der Waals surface area contributed by atoms with E-state index in [2.05, 4.69) is 14.9 Å². The fraction of sp³-hybridized carbons (Fsp3) is 0.706. The van der Waals surface area contributed by atoms with Crippen LogP contribution in [-0.4, -0.2) is 71.1 Å². The van der Waals surface area contributed by atoms with Gasteiger partial charge in [-0.15, -0.1) is 0 Å². The summed E-state index contributed by atoms with van der Waals surface area (Å²) in [6.45, 7) is 4.45. The van der Waals surface area contributed by atoms with Crippen LogP contribution in [0.2, 0.25) is 0 Å². The number of H-pyrrole nitrogens is 1. The molecule has 1 N–H and O–H groups in total. The zero-order valence-electron chi connectivity index (χ0n) is 14.0. The molecule has 0 radical (unpaired) electrons. The smallest absolute Gasteiger partial charge is 0.272 e. The van der Waals surface area contributed by atoms with Crippen molar-refractivity contribution < 1.29 is 9.53 Å². The minimum absolute atomic E-state index is 0.0998. The number of amides is 1. The molecule has 7 nitrogen and oxygen atoms in total. The highest BCUT2D eigenvalue weighted by molar-refractivity contribution is 5.93. The van der Waals surface area contributed by atoms with E-state index in [9.17, 15) is 9.59 Å². The predicted molar refractivity (Wildman–Crippen MR) is 87.8 cm³/mol. The number of likely N-dealkylation sites (tertiary alicyclic amines) is 2. The number of carbonyl (C=O) groups excluding carboxylic acids is 1. The summed E-state index contributed by atoms with van der Waals surface area (Å²) in [5.41, 5.74) is 0.0385. The lowest BCUT2D eigenvalue weighted by Crippen LogP contribution is -2.69. The highest BCUT2D eigenvalue weighted by Crippen LogP contribution is 2.43. The van der Waals surface area contributed by atoms with Crippen molar-refractivity contribution in [3.05, 3.63) is 28.4 Å². The van der Waals surface area contributed by atoms with Crippen LogP contribution in [0.15, 0.2) is 17.2 Å². The molecule has 130 valence electrons. The van der Waals surface area contributed by atoms with Gasteiger partial charge in [0.25, 0.3) is 11.5 Å². The first-order valence-corrected chi connectivity index (χ1v) is 8.68. The minimum atomic E-state index is -0.292. The Kier molecular flexibility index (Phi) is 3.92. The number of ether oxygens (including phenoxy) is 1. The van der Waals surface area contributed by atoms with Gasteiger partial charge < -0.3 is 14.6 Å². The average Bonchev–Trinajstić information content (AvgIpc) is 3.26. The van der Waals surface area contributed by atoms with Gasteiger partial charge in [0.1, 0.15) is 5.69 Å². The summed E-state index contributed by atoms with van der Waals surface area (Å²) in [5, 5.41) is 0. The van der Waals surface area contributed by atoms with Crippen LogP contribution in [0, 0.1) is 11.8 Å². The molecule has 3 heterocycles. The first kappa shape index (κ1) is 15.8. The second-order valence-corrected chi connectivity index (χ2v) is 7.56. The first-order valence-electron chi connectivity index (χ1n) is 8.68. The van der Waals surface area contributed by atoms with Gasteiger partial charge in [0.2, 0.25) is 0 Å². The molecule has 0 unspecified atom stereocenters. The lowest BCUT2D eigenvalue weighted by atomic mass is 9.84. The van der Waals surface area contributed by atoms with Gasteiger partial charge in [-0.3, -0.25) is 14.5 Å². The van der Waals surface area contributed by atoms with Gasteiger partial charge in [0.15, 0.2) is 0 Å². The fourth-order valence-corrected chi connectivity index (χ4v) is 4.25. The monoisotopic (exact) mass is 332 g/mol. The Labute approximate surface area is 141 Å². The zero-order valence-corrected chi connectivity index (χ0v) is 14.0. The number of nitrogens with zero attached hydrogens (tertiary/aromatic N) is 3. The number of carbonyl (C=O) groups is 1. The van der Waals surface area contributed by atoms with Crippen LogP contribution in [0.25, 0.3) is 0 Å². The molecule has 1 amide bonds. The van der Waals surface area contributed by atoms with E-state index < -0.39 is 0 Å².